The molecular weight excluding hydrogens is 428 g/mol. The summed E-state index contributed by atoms with van der Waals surface area (Å²) >= 11 is 3.84. The summed E-state index contributed by atoms with van der Waals surface area (Å²) in [6.07, 6.45) is 6.05. The quantitative estimate of drug-likeness (QED) is 0.326. The SMILES string of the molecule is Nc1n[nH]c2cc(C3Nc4c(Br)cc5[nH]ncc5c4C4C5CCC(C5)C34)ccc12. The van der Waals surface area contributed by atoms with E-state index in [1.807, 2.05) is 6.20 Å². The van der Waals surface area contributed by atoms with Gasteiger partial charge in [0.05, 0.1) is 29.0 Å². The molecule has 2 saturated carbocycles. The minimum atomic E-state index is 0.289. The molecule has 7 rings (SSSR count). The van der Waals surface area contributed by atoms with Crippen LogP contribution in [0, 0.1) is 17.8 Å². The average Bonchev–Trinajstić information content (AvgIpc) is 3.51. The van der Waals surface area contributed by atoms with Crippen molar-refractivity contribution in [3.8, 4) is 0 Å². The lowest BCUT2D eigenvalue weighted by Gasteiger charge is -2.44. The Bertz CT molecular complexity index is 1290. The maximum atomic E-state index is 5.99. The van der Waals surface area contributed by atoms with E-state index in [0.29, 0.717) is 17.7 Å². The maximum Gasteiger partial charge on any atom is 0.153 e. The second kappa shape index (κ2) is 5.53. The van der Waals surface area contributed by atoms with Crippen LogP contribution in [-0.4, -0.2) is 20.4 Å². The van der Waals surface area contributed by atoms with Gasteiger partial charge in [-0.1, -0.05) is 6.07 Å². The number of nitrogens with one attached hydrogen (secondary N) is 3. The van der Waals surface area contributed by atoms with E-state index in [1.165, 1.54) is 41.5 Å². The molecule has 2 aromatic carbocycles. The number of aromatic amines is 2. The zero-order valence-electron chi connectivity index (χ0n) is 15.7. The van der Waals surface area contributed by atoms with Crippen LogP contribution in [0.4, 0.5) is 11.5 Å². The Labute approximate surface area is 175 Å². The molecule has 3 aliphatic rings. The summed E-state index contributed by atoms with van der Waals surface area (Å²) < 4.78 is 1.11. The normalized spacial score (nSPS) is 29.9. The zero-order valence-corrected chi connectivity index (χ0v) is 17.3. The predicted molar refractivity (Wildman–Crippen MR) is 118 cm³/mol. The van der Waals surface area contributed by atoms with E-state index in [4.69, 9.17) is 5.73 Å². The van der Waals surface area contributed by atoms with Crippen LogP contribution in [0.5, 0.6) is 0 Å². The van der Waals surface area contributed by atoms with Gasteiger partial charge in [-0.3, -0.25) is 10.2 Å². The fourth-order valence-electron chi connectivity index (χ4n) is 6.63. The monoisotopic (exact) mass is 448 g/mol. The summed E-state index contributed by atoms with van der Waals surface area (Å²) in [5.74, 6) is 3.30. The standard InChI is InChI=1S/C22H21BrN6/c23-14-7-16-13(8-25-27-16)19-17-9-1-2-10(5-9)18(17)20(26-21(14)19)11-3-4-12-15(6-11)28-29-22(12)24/h3-4,6-10,17-18,20,26H,1-2,5H2,(H,25,27)(H3,24,28,29). The van der Waals surface area contributed by atoms with E-state index >= 15 is 0 Å². The molecule has 0 amide bonds. The molecule has 2 bridgehead atoms. The molecule has 5 unspecified atom stereocenters. The first-order valence-corrected chi connectivity index (χ1v) is 11.1. The van der Waals surface area contributed by atoms with Crippen LogP contribution in [0.25, 0.3) is 21.8 Å². The van der Waals surface area contributed by atoms with Crippen LogP contribution in [0.3, 0.4) is 0 Å². The second-order valence-corrected chi connectivity index (χ2v) is 9.80. The van der Waals surface area contributed by atoms with E-state index in [9.17, 15) is 0 Å². The molecule has 2 aliphatic carbocycles. The average molecular weight is 449 g/mol. The summed E-state index contributed by atoms with van der Waals surface area (Å²) in [5.41, 5.74) is 12.1. The Kier molecular flexibility index (Phi) is 3.11. The highest BCUT2D eigenvalue weighted by Crippen LogP contribution is 2.65. The van der Waals surface area contributed by atoms with E-state index in [0.717, 1.165) is 32.7 Å². The highest BCUT2D eigenvalue weighted by atomic mass is 79.9. The number of benzene rings is 2. The van der Waals surface area contributed by atoms with Gasteiger partial charge in [-0.15, -0.1) is 0 Å². The highest BCUT2D eigenvalue weighted by molar-refractivity contribution is 9.10. The molecule has 0 spiro atoms. The number of fused-ring (bicyclic) bond motifs is 10. The van der Waals surface area contributed by atoms with Crippen molar-refractivity contribution in [2.75, 3.05) is 11.1 Å². The number of nitrogens with two attached hydrogens (primary N) is 1. The van der Waals surface area contributed by atoms with Crippen molar-refractivity contribution < 1.29 is 0 Å². The number of hydrogen-bond donors (Lipinski definition) is 4. The van der Waals surface area contributed by atoms with E-state index in [2.05, 4.69) is 65.9 Å². The number of H-pyrrole nitrogens is 2. The Hall–Kier alpha value is -2.54. The lowest BCUT2D eigenvalue weighted by Crippen LogP contribution is -2.35. The van der Waals surface area contributed by atoms with Gasteiger partial charge >= 0.3 is 0 Å². The molecule has 4 aromatic rings. The molecule has 1 aliphatic heterocycles. The van der Waals surface area contributed by atoms with Crippen molar-refractivity contribution in [3.05, 3.63) is 46.1 Å². The van der Waals surface area contributed by atoms with Gasteiger partial charge in [-0.2, -0.15) is 10.2 Å². The van der Waals surface area contributed by atoms with Crippen molar-refractivity contribution in [2.45, 2.75) is 31.2 Å². The Morgan fingerprint density at radius 1 is 1.03 bits per heavy atom. The largest absolute Gasteiger partial charge is 0.382 e. The molecule has 0 radical (unpaired) electrons. The third-order valence-electron chi connectivity index (χ3n) is 7.71. The van der Waals surface area contributed by atoms with Gasteiger partial charge in [0.25, 0.3) is 0 Å². The van der Waals surface area contributed by atoms with Gasteiger partial charge in [0.15, 0.2) is 5.82 Å². The number of anilines is 2. The predicted octanol–water partition coefficient (Wildman–Crippen LogP) is 5.08. The fraction of sp³-hybridized carbons (Fsp3) is 0.364. The summed E-state index contributed by atoms with van der Waals surface area (Å²) in [4.78, 5) is 0. The van der Waals surface area contributed by atoms with Crippen molar-refractivity contribution in [2.24, 2.45) is 17.8 Å². The molecule has 146 valence electrons. The van der Waals surface area contributed by atoms with Gasteiger partial charge in [-0.05, 0) is 88.2 Å². The van der Waals surface area contributed by atoms with Crippen molar-refractivity contribution in [1.82, 2.24) is 20.4 Å². The van der Waals surface area contributed by atoms with Crippen molar-refractivity contribution >= 4 is 49.2 Å². The Morgan fingerprint density at radius 3 is 2.83 bits per heavy atom. The molecule has 2 fully saturated rings. The number of hydrogen-bond acceptors (Lipinski definition) is 4. The zero-order chi connectivity index (χ0) is 19.3. The number of nitrogen functional groups attached to an aromatic ring is 1. The van der Waals surface area contributed by atoms with Crippen LogP contribution in [0.15, 0.2) is 34.9 Å². The minimum absolute atomic E-state index is 0.289. The maximum absolute atomic E-state index is 5.99. The number of halogens is 1. The molecule has 2 aromatic heterocycles. The van der Waals surface area contributed by atoms with Crippen LogP contribution in [0.1, 0.15) is 42.3 Å². The first kappa shape index (κ1) is 16.3. The van der Waals surface area contributed by atoms with E-state index in [1.54, 1.807) is 0 Å². The highest BCUT2D eigenvalue weighted by Gasteiger charge is 2.54. The number of rotatable bonds is 1. The molecule has 29 heavy (non-hydrogen) atoms. The first-order valence-electron chi connectivity index (χ1n) is 10.3. The van der Waals surface area contributed by atoms with Crippen LogP contribution in [0.2, 0.25) is 0 Å². The third kappa shape index (κ3) is 2.06. The van der Waals surface area contributed by atoms with E-state index < -0.39 is 0 Å². The molecule has 5 atom stereocenters. The number of aromatic nitrogens is 4. The molecule has 6 nitrogen and oxygen atoms in total. The number of nitrogens with zero attached hydrogens (tertiary/aromatic N) is 2. The molecule has 3 heterocycles. The van der Waals surface area contributed by atoms with Crippen LogP contribution < -0.4 is 11.1 Å². The topological polar surface area (TPSA) is 95.4 Å². The summed E-state index contributed by atoms with van der Waals surface area (Å²) in [6.45, 7) is 0. The Balaban J connectivity index is 1.45. The summed E-state index contributed by atoms with van der Waals surface area (Å²) in [5, 5.41) is 21.0. The molecular formula is C22H21BrN6. The van der Waals surface area contributed by atoms with Gasteiger partial charge in [0.2, 0.25) is 0 Å². The van der Waals surface area contributed by atoms with Crippen molar-refractivity contribution in [1.29, 1.82) is 0 Å². The van der Waals surface area contributed by atoms with Gasteiger partial charge in [0.1, 0.15) is 0 Å². The van der Waals surface area contributed by atoms with Crippen LogP contribution >= 0.6 is 15.9 Å². The third-order valence-corrected chi connectivity index (χ3v) is 8.34. The molecule has 0 saturated heterocycles. The smallest absolute Gasteiger partial charge is 0.153 e. The van der Waals surface area contributed by atoms with Gasteiger partial charge < -0.3 is 11.1 Å². The first-order chi connectivity index (χ1) is 14.2. The van der Waals surface area contributed by atoms with Gasteiger partial charge in [0, 0.05) is 15.2 Å². The Morgan fingerprint density at radius 2 is 1.90 bits per heavy atom. The van der Waals surface area contributed by atoms with Crippen molar-refractivity contribution in [3.63, 3.8) is 0 Å². The van der Waals surface area contributed by atoms with Gasteiger partial charge in [-0.25, -0.2) is 0 Å². The lowest BCUT2D eigenvalue weighted by molar-refractivity contribution is 0.249. The second-order valence-electron chi connectivity index (χ2n) is 8.95. The minimum Gasteiger partial charge on any atom is -0.382 e. The lowest BCUT2D eigenvalue weighted by atomic mass is 9.67. The van der Waals surface area contributed by atoms with Crippen LogP contribution in [-0.2, 0) is 0 Å². The fourth-order valence-corrected chi connectivity index (χ4v) is 7.19. The summed E-state index contributed by atoms with van der Waals surface area (Å²) in [7, 11) is 0. The summed E-state index contributed by atoms with van der Waals surface area (Å²) in [6, 6.07) is 9.01. The van der Waals surface area contributed by atoms with E-state index in [-0.39, 0.29) is 6.04 Å². The molecule has 7 heteroatoms. The molecule has 5 N–H and O–H groups in total.